The van der Waals surface area contributed by atoms with Crippen LogP contribution in [0.2, 0.25) is 0 Å². The third-order valence-corrected chi connectivity index (χ3v) is 5.60. The molecular formula is C20H35N9O6S. The molecule has 0 fully saturated rings. The number of carbonyl (C=O) groups is 4. The average molecular weight is 530 g/mol. The Hall–Kier alpha value is -3.37. The highest BCUT2D eigenvalue weighted by atomic mass is 32.2. The first-order valence-electron chi connectivity index (χ1n) is 11.1. The standard InChI is InChI=1S/C20H35N9O6S/c1-36-6-4-12(21)16(31)28-14(7-11-8-24-10-26-11)17(32)29-15(9-30)18(33)27-13(19(34)35)3-2-5-25-20(22)23/h8,10,12-15,30H,2-7,9,21H2,1H3,(H,24,26)(H,27,33)(H,28,31)(H,29,32)(H,34,35)(H4,22,23,25). The molecule has 1 rings (SSSR count). The lowest BCUT2D eigenvalue weighted by Gasteiger charge is -2.24. The molecule has 0 aromatic carbocycles. The van der Waals surface area contributed by atoms with E-state index in [1.165, 1.54) is 24.3 Å². The number of amides is 3. The van der Waals surface area contributed by atoms with Crippen molar-refractivity contribution in [1.29, 1.82) is 0 Å². The van der Waals surface area contributed by atoms with E-state index in [0.717, 1.165) is 0 Å². The number of guanidine groups is 1. The van der Waals surface area contributed by atoms with Gasteiger partial charge in [-0.2, -0.15) is 11.8 Å². The molecule has 202 valence electrons. The minimum Gasteiger partial charge on any atom is -0.480 e. The maximum Gasteiger partial charge on any atom is 0.326 e. The molecule has 0 spiro atoms. The van der Waals surface area contributed by atoms with E-state index in [9.17, 15) is 29.4 Å². The average Bonchev–Trinajstić information content (AvgIpc) is 3.34. The number of aromatic nitrogens is 2. The van der Waals surface area contributed by atoms with Crippen molar-refractivity contribution < 1.29 is 29.4 Å². The number of nitrogens with two attached hydrogens (primary N) is 3. The Morgan fingerprint density at radius 1 is 1.08 bits per heavy atom. The van der Waals surface area contributed by atoms with Crippen molar-refractivity contribution in [2.75, 3.05) is 25.2 Å². The lowest BCUT2D eigenvalue weighted by molar-refractivity contribution is -0.142. The second-order valence-corrected chi connectivity index (χ2v) is 8.81. The zero-order valence-corrected chi connectivity index (χ0v) is 20.8. The number of nitrogens with zero attached hydrogens (tertiary/aromatic N) is 2. The Morgan fingerprint density at radius 3 is 2.28 bits per heavy atom. The Bertz CT molecular complexity index is 879. The number of aliphatic carboxylic acids is 1. The Kier molecular flexibility index (Phi) is 13.9. The first-order valence-corrected chi connectivity index (χ1v) is 12.5. The van der Waals surface area contributed by atoms with E-state index in [0.29, 0.717) is 17.9 Å². The van der Waals surface area contributed by atoms with Gasteiger partial charge in [-0.3, -0.25) is 19.4 Å². The largest absolute Gasteiger partial charge is 0.480 e. The molecule has 0 bridgehead atoms. The summed E-state index contributed by atoms with van der Waals surface area (Å²) in [6.07, 6.45) is 5.42. The molecule has 1 aromatic rings. The van der Waals surface area contributed by atoms with Gasteiger partial charge in [0.05, 0.1) is 19.0 Å². The number of carboxylic acids is 1. The summed E-state index contributed by atoms with van der Waals surface area (Å²) in [5.74, 6) is -3.04. The fourth-order valence-electron chi connectivity index (χ4n) is 2.98. The van der Waals surface area contributed by atoms with Gasteiger partial charge < -0.3 is 48.3 Å². The van der Waals surface area contributed by atoms with E-state index >= 15 is 0 Å². The summed E-state index contributed by atoms with van der Waals surface area (Å²) in [7, 11) is 0. The van der Waals surface area contributed by atoms with Crippen LogP contribution < -0.4 is 33.2 Å². The fourth-order valence-corrected chi connectivity index (χ4v) is 3.47. The highest BCUT2D eigenvalue weighted by Crippen LogP contribution is 2.04. The van der Waals surface area contributed by atoms with E-state index in [2.05, 4.69) is 30.9 Å². The number of H-pyrrole nitrogens is 1. The summed E-state index contributed by atoms with van der Waals surface area (Å²) >= 11 is 1.52. The van der Waals surface area contributed by atoms with Gasteiger partial charge in [0.15, 0.2) is 5.96 Å². The Balaban J connectivity index is 2.85. The molecule has 16 heteroatoms. The van der Waals surface area contributed by atoms with Gasteiger partial charge in [0.25, 0.3) is 0 Å². The molecule has 0 radical (unpaired) electrons. The van der Waals surface area contributed by atoms with Gasteiger partial charge in [-0.15, -0.1) is 0 Å². The van der Waals surface area contributed by atoms with Crippen LogP contribution in [0.25, 0.3) is 0 Å². The van der Waals surface area contributed by atoms with E-state index in [-0.39, 0.29) is 31.8 Å². The number of aliphatic imine (C=N–C) groups is 1. The molecular weight excluding hydrogens is 494 g/mol. The highest BCUT2D eigenvalue weighted by Gasteiger charge is 2.30. The molecule has 15 nitrogen and oxygen atoms in total. The normalized spacial score (nSPS) is 14.1. The quantitative estimate of drug-likeness (QED) is 0.0545. The van der Waals surface area contributed by atoms with Crippen molar-refractivity contribution in [3.05, 3.63) is 18.2 Å². The smallest absolute Gasteiger partial charge is 0.326 e. The van der Waals surface area contributed by atoms with Crippen LogP contribution in [0.1, 0.15) is 25.0 Å². The molecule has 3 amide bonds. The van der Waals surface area contributed by atoms with Gasteiger partial charge in [0.1, 0.15) is 18.1 Å². The Morgan fingerprint density at radius 2 is 1.72 bits per heavy atom. The molecule has 0 aliphatic carbocycles. The third-order valence-electron chi connectivity index (χ3n) is 4.96. The van der Waals surface area contributed by atoms with Crippen LogP contribution in [0.15, 0.2) is 17.5 Å². The van der Waals surface area contributed by atoms with Crippen molar-refractivity contribution in [2.24, 2.45) is 22.2 Å². The predicted molar refractivity (Wildman–Crippen MR) is 134 cm³/mol. The molecule has 36 heavy (non-hydrogen) atoms. The van der Waals surface area contributed by atoms with Crippen LogP contribution in [-0.4, -0.2) is 99.2 Å². The van der Waals surface area contributed by atoms with Gasteiger partial charge in [0.2, 0.25) is 17.7 Å². The summed E-state index contributed by atoms with van der Waals surface area (Å²) in [4.78, 5) is 60.0. The first-order chi connectivity index (χ1) is 17.1. The summed E-state index contributed by atoms with van der Waals surface area (Å²) in [5.41, 5.74) is 16.9. The van der Waals surface area contributed by atoms with Crippen LogP contribution in [0, 0.1) is 0 Å². The van der Waals surface area contributed by atoms with Crippen molar-refractivity contribution >= 4 is 41.4 Å². The molecule has 0 aliphatic rings. The summed E-state index contributed by atoms with van der Waals surface area (Å²) in [6, 6.07) is -4.76. The second-order valence-electron chi connectivity index (χ2n) is 7.82. The van der Waals surface area contributed by atoms with Crippen LogP contribution in [0.3, 0.4) is 0 Å². The van der Waals surface area contributed by atoms with Crippen molar-refractivity contribution in [3.8, 4) is 0 Å². The van der Waals surface area contributed by atoms with Gasteiger partial charge >= 0.3 is 5.97 Å². The number of nitrogens with one attached hydrogen (secondary N) is 4. The van der Waals surface area contributed by atoms with E-state index in [4.69, 9.17) is 17.2 Å². The zero-order valence-electron chi connectivity index (χ0n) is 20.0. The van der Waals surface area contributed by atoms with Crippen molar-refractivity contribution in [1.82, 2.24) is 25.9 Å². The minimum absolute atomic E-state index is 0.00906. The van der Waals surface area contributed by atoms with Gasteiger partial charge in [-0.25, -0.2) is 9.78 Å². The summed E-state index contributed by atoms with van der Waals surface area (Å²) in [6.45, 7) is -0.647. The van der Waals surface area contributed by atoms with Crippen LogP contribution >= 0.6 is 11.8 Å². The molecule has 4 unspecified atom stereocenters. The number of aliphatic hydroxyl groups excluding tert-OH is 1. The lowest BCUT2D eigenvalue weighted by atomic mass is 10.1. The SMILES string of the molecule is CSCCC(N)C(=O)NC(Cc1cnc[nH]1)C(=O)NC(CO)C(=O)NC(CCCN=C(N)N)C(=O)O. The zero-order chi connectivity index (χ0) is 27.1. The van der Waals surface area contributed by atoms with Gasteiger partial charge in [0, 0.05) is 24.9 Å². The second kappa shape index (κ2) is 16.3. The third kappa shape index (κ3) is 11.4. The van der Waals surface area contributed by atoms with Gasteiger partial charge in [-0.1, -0.05) is 0 Å². The Labute approximate surface area is 212 Å². The summed E-state index contributed by atoms with van der Waals surface area (Å²) in [5, 5.41) is 26.3. The number of imidazole rings is 1. The molecule has 1 aromatic heterocycles. The first kappa shape index (κ1) is 30.7. The maximum absolute atomic E-state index is 13.0. The lowest BCUT2D eigenvalue weighted by Crippen LogP contribution is -2.58. The van der Waals surface area contributed by atoms with E-state index in [1.54, 1.807) is 0 Å². The molecule has 4 atom stereocenters. The monoisotopic (exact) mass is 529 g/mol. The van der Waals surface area contributed by atoms with Crippen molar-refractivity contribution in [3.63, 3.8) is 0 Å². The van der Waals surface area contributed by atoms with Crippen LogP contribution in [0.4, 0.5) is 0 Å². The number of carbonyl (C=O) groups excluding carboxylic acids is 3. The topological polar surface area (TPSA) is 264 Å². The molecule has 1 heterocycles. The minimum atomic E-state index is -1.47. The number of hydrogen-bond donors (Lipinski definition) is 9. The number of aliphatic hydroxyl groups is 1. The molecule has 0 saturated heterocycles. The maximum atomic E-state index is 13.0. The van der Waals surface area contributed by atoms with E-state index in [1.807, 2.05) is 6.26 Å². The summed E-state index contributed by atoms with van der Waals surface area (Å²) < 4.78 is 0. The molecule has 0 saturated carbocycles. The van der Waals surface area contributed by atoms with Crippen LogP contribution in [0.5, 0.6) is 0 Å². The number of carboxylic acid groups (broad SMARTS) is 1. The van der Waals surface area contributed by atoms with Gasteiger partial charge in [-0.05, 0) is 31.3 Å². The van der Waals surface area contributed by atoms with Crippen molar-refractivity contribution in [2.45, 2.75) is 49.9 Å². The number of rotatable bonds is 17. The molecule has 0 aliphatic heterocycles. The fraction of sp³-hybridized carbons (Fsp3) is 0.600. The number of aromatic amines is 1. The highest BCUT2D eigenvalue weighted by molar-refractivity contribution is 7.98. The number of thioether (sulfide) groups is 1. The van der Waals surface area contributed by atoms with E-state index < -0.39 is 54.5 Å². The number of hydrogen-bond acceptors (Lipinski definition) is 9. The van der Waals surface area contributed by atoms with Crippen LogP contribution in [-0.2, 0) is 25.6 Å². The predicted octanol–water partition coefficient (Wildman–Crippen LogP) is -3.38. The molecule has 12 N–H and O–H groups in total.